The summed E-state index contributed by atoms with van der Waals surface area (Å²) in [6.07, 6.45) is 2.98. The molecule has 0 amide bonds. The average molecular weight is 394 g/mol. The minimum absolute atomic E-state index is 0.0850. The number of benzene rings is 1. The van der Waals surface area contributed by atoms with Crippen molar-refractivity contribution >= 4 is 45.1 Å². The van der Waals surface area contributed by atoms with E-state index in [0.717, 1.165) is 21.7 Å². The Morgan fingerprint density at radius 1 is 1.19 bits per heavy atom. The number of pyridine rings is 2. The number of H-pyrrole nitrogens is 1. The van der Waals surface area contributed by atoms with Crippen LogP contribution in [0.3, 0.4) is 0 Å². The molecule has 0 aliphatic carbocycles. The zero-order chi connectivity index (χ0) is 18.5. The summed E-state index contributed by atoms with van der Waals surface area (Å²) in [4.78, 5) is 26.5. The molecule has 0 aliphatic rings. The van der Waals surface area contributed by atoms with Gasteiger partial charge in [-0.25, -0.2) is 9.97 Å². The Balaban J connectivity index is 1.88. The second-order valence-corrected chi connectivity index (χ2v) is 7.89. The number of rotatable bonds is 2. The molecule has 1 N–H and O–H groups in total. The van der Waals surface area contributed by atoms with Gasteiger partial charge < -0.3 is 9.40 Å². The second kappa shape index (κ2) is 6.04. The van der Waals surface area contributed by atoms with E-state index in [1.165, 1.54) is 17.3 Å². The highest BCUT2D eigenvalue weighted by atomic mass is 35.5. The summed E-state index contributed by atoms with van der Waals surface area (Å²) in [5.41, 5.74) is 4.10. The molecule has 0 atom stereocenters. The van der Waals surface area contributed by atoms with E-state index in [1.54, 1.807) is 17.5 Å². The van der Waals surface area contributed by atoms with Crippen LogP contribution in [0.1, 0.15) is 4.88 Å². The van der Waals surface area contributed by atoms with Crippen molar-refractivity contribution < 1.29 is 4.42 Å². The number of aryl methyl sites for hydroxylation is 1. The molecule has 7 heteroatoms. The van der Waals surface area contributed by atoms with Crippen LogP contribution in [0.5, 0.6) is 0 Å². The average Bonchev–Trinajstić information content (AvgIpc) is 3.30. The van der Waals surface area contributed by atoms with Crippen molar-refractivity contribution in [3.63, 3.8) is 0 Å². The van der Waals surface area contributed by atoms with Crippen LogP contribution in [0.25, 0.3) is 43.8 Å². The summed E-state index contributed by atoms with van der Waals surface area (Å²) >= 11 is 8.05. The first-order valence-electron chi connectivity index (χ1n) is 8.22. The number of fused-ring (bicyclic) bond motifs is 2. The highest BCUT2D eigenvalue weighted by Crippen LogP contribution is 2.38. The number of aromatic amines is 1. The lowest BCUT2D eigenvalue weighted by molar-refractivity contribution is 0.602. The maximum Gasteiger partial charge on any atom is 0.191 e. The van der Waals surface area contributed by atoms with Gasteiger partial charge in [-0.1, -0.05) is 11.6 Å². The number of nitrogens with one attached hydrogen (secondary N) is 1. The Bertz CT molecular complexity index is 1380. The van der Waals surface area contributed by atoms with Crippen LogP contribution in [0, 0.1) is 6.92 Å². The molecule has 27 heavy (non-hydrogen) atoms. The molecule has 0 saturated heterocycles. The predicted octanol–water partition coefficient (Wildman–Crippen LogP) is 5.42. The van der Waals surface area contributed by atoms with E-state index in [0.29, 0.717) is 27.2 Å². The Morgan fingerprint density at radius 3 is 2.89 bits per heavy atom. The van der Waals surface area contributed by atoms with Crippen molar-refractivity contribution in [2.75, 3.05) is 0 Å². The van der Waals surface area contributed by atoms with Gasteiger partial charge in [0.25, 0.3) is 0 Å². The Labute approximate surface area is 162 Å². The molecule has 5 aromatic rings. The van der Waals surface area contributed by atoms with Crippen LogP contribution in [-0.2, 0) is 0 Å². The van der Waals surface area contributed by atoms with Crippen molar-refractivity contribution in [2.45, 2.75) is 6.92 Å². The lowest BCUT2D eigenvalue weighted by Crippen LogP contribution is -2.03. The molecule has 0 radical (unpaired) electrons. The number of oxazole rings is 1. The van der Waals surface area contributed by atoms with E-state index in [2.05, 4.69) is 16.0 Å². The van der Waals surface area contributed by atoms with Crippen molar-refractivity contribution in [2.24, 2.45) is 0 Å². The highest BCUT2D eigenvalue weighted by molar-refractivity contribution is 7.15. The summed E-state index contributed by atoms with van der Waals surface area (Å²) in [7, 11) is 0. The van der Waals surface area contributed by atoms with E-state index in [1.807, 2.05) is 31.2 Å². The molecule has 5 rings (SSSR count). The van der Waals surface area contributed by atoms with Crippen LogP contribution in [-0.4, -0.2) is 15.0 Å². The van der Waals surface area contributed by atoms with E-state index < -0.39 is 0 Å². The van der Waals surface area contributed by atoms with Gasteiger partial charge in [-0.2, -0.15) is 0 Å². The topological polar surface area (TPSA) is 71.8 Å². The Morgan fingerprint density at radius 2 is 2.07 bits per heavy atom. The molecule has 5 nitrogen and oxygen atoms in total. The third kappa shape index (κ3) is 2.65. The summed E-state index contributed by atoms with van der Waals surface area (Å²) in [5, 5.41) is 1.02. The zero-order valence-electron chi connectivity index (χ0n) is 14.1. The summed E-state index contributed by atoms with van der Waals surface area (Å²) < 4.78 is 5.44. The molecule has 132 valence electrons. The lowest BCUT2D eigenvalue weighted by atomic mass is 10.0. The number of halogens is 1. The van der Waals surface area contributed by atoms with E-state index in [9.17, 15) is 4.79 Å². The quantitative estimate of drug-likeness (QED) is 0.434. The molecule has 0 fully saturated rings. The smallest absolute Gasteiger partial charge is 0.191 e. The van der Waals surface area contributed by atoms with Gasteiger partial charge in [0, 0.05) is 22.7 Å². The van der Waals surface area contributed by atoms with Gasteiger partial charge in [-0.3, -0.25) is 4.79 Å². The first-order valence-corrected chi connectivity index (χ1v) is 9.42. The van der Waals surface area contributed by atoms with Gasteiger partial charge in [-0.05, 0) is 42.8 Å². The maximum absolute atomic E-state index is 12.3. The number of thiophene rings is 1. The number of hydrogen-bond acceptors (Lipinski definition) is 5. The van der Waals surface area contributed by atoms with Gasteiger partial charge in [0.15, 0.2) is 17.4 Å². The summed E-state index contributed by atoms with van der Waals surface area (Å²) in [6, 6.07) is 11.1. The van der Waals surface area contributed by atoms with E-state index >= 15 is 0 Å². The maximum atomic E-state index is 12.3. The van der Waals surface area contributed by atoms with Gasteiger partial charge in [0.2, 0.25) is 0 Å². The standard InChI is InChI=1S/C20H12ClN3O2S/c1-10-2-3-17(27-10)18-12(8-13-15(25)4-5-22-20(13)24-18)11-6-14(21)19-16(7-11)26-9-23-19/h2-9H,1H3,(H,22,24,25). The summed E-state index contributed by atoms with van der Waals surface area (Å²) in [5.74, 6) is 0. The molecule has 0 bridgehead atoms. The molecule has 1 aromatic carbocycles. The van der Waals surface area contributed by atoms with Crippen molar-refractivity contribution in [3.8, 4) is 21.7 Å². The minimum atomic E-state index is -0.0850. The molecule has 0 unspecified atom stereocenters. The largest absolute Gasteiger partial charge is 0.443 e. The van der Waals surface area contributed by atoms with Gasteiger partial charge >= 0.3 is 0 Å². The molecule has 0 saturated carbocycles. The fourth-order valence-corrected chi connectivity index (χ4v) is 4.28. The lowest BCUT2D eigenvalue weighted by Gasteiger charge is -2.10. The third-order valence-corrected chi connectivity index (χ3v) is 5.71. The van der Waals surface area contributed by atoms with E-state index in [4.69, 9.17) is 21.0 Å². The van der Waals surface area contributed by atoms with E-state index in [-0.39, 0.29) is 5.43 Å². The van der Waals surface area contributed by atoms with Gasteiger partial charge in [0.05, 0.1) is 21.0 Å². The summed E-state index contributed by atoms with van der Waals surface area (Å²) in [6.45, 7) is 2.05. The molecule has 4 aromatic heterocycles. The number of aromatic nitrogens is 3. The fraction of sp³-hybridized carbons (Fsp3) is 0.0500. The normalized spacial score (nSPS) is 11.5. The number of hydrogen-bond donors (Lipinski definition) is 1. The number of nitrogens with zero attached hydrogens (tertiary/aromatic N) is 2. The van der Waals surface area contributed by atoms with Gasteiger partial charge in [-0.15, -0.1) is 11.3 Å². The van der Waals surface area contributed by atoms with Gasteiger partial charge in [0.1, 0.15) is 11.2 Å². The molecule has 4 heterocycles. The molecule has 0 spiro atoms. The van der Waals surface area contributed by atoms with Crippen molar-refractivity contribution in [3.05, 3.63) is 69.1 Å². The van der Waals surface area contributed by atoms with Crippen LogP contribution in [0.2, 0.25) is 5.02 Å². The highest BCUT2D eigenvalue weighted by Gasteiger charge is 2.17. The SMILES string of the molecule is Cc1ccc(-c2nc3[nH]ccc(=O)c3cc2-c2cc(Cl)c3ncoc3c2)s1. The van der Waals surface area contributed by atoms with Crippen molar-refractivity contribution in [1.82, 2.24) is 15.0 Å². The monoisotopic (exact) mass is 393 g/mol. The third-order valence-electron chi connectivity index (χ3n) is 4.42. The minimum Gasteiger partial charge on any atom is -0.443 e. The Hall–Kier alpha value is -2.96. The van der Waals surface area contributed by atoms with Crippen LogP contribution in [0.15, 0.2) is 58.2 Å². The first kappa shape index (κ1) is 16.2. The van der Waals surface area contributed by atoms with Crippen LogP contribution in [0.4, 0.5) is 0 Å². The van der Waals surface area contributed by atoms with Crippen molar-refractivity contribution in [1.29, 1.82) is 0 Å². The second-order valence-electron chi connectivity index (χ2n) is 6.19. The molecule has 0 aliphatic heterocycles. The van der Waals surface area contributed by atoms with Crippen LogP contribution < -0.4 is 5.43 Å². The first-order chi connectivity index (χ1) is 13.1. The Kier molecular flexibility index (Phi) is 3.63. The van der Waals surface area contributed by atoms with Crippen LogP contribution >= 0.6 is 22.9 Å². The molecular formula is C20H12ClN3O2S. The predicted molar refractivity (Wildman–Crippen MR) is 108 cm³/mol. The fourth-order valence-electron chi connectivity index (χ4n) is 3.15. The zero-order valence-corrected chi connectivity index (χ0v) is 15.7. The molecular weight excluding hydrogens is 382 g/mol.